The normalized spacial score (nSPS) is 12.9. The second-order valence-corrected chi connectivity index (χ2v) is 12.4. The molecule has 0 fully saturated rings. The number of benzene rings is 3. The molecule has 0 aliphatic rings. The zero-order valence-electron chi connectivity index (χ0n) is 25.0. The number of aliphatic carboxylic acids is 1. The Morgan fingerprint density at radius 2 is 1.33 bits per heavy atom. The number of carbonyl (C=O) groups excluding carboxylic acids is 1. The first kappa shape index (κ1) is 36.3. The molecule has 3 aromatic carbocycles. The van der Waals surface area contributed by atoms with E-state index in [2.05, 4.69) is 4.72 Å². The molecule has 0 aliphatic heterocycles. The van der Waals surface area contributed by atoms with Crippen LogP contribution in [0.5, 0.6) is 0 Å². The number of anilines is 1. The molecule has 0 saturated heterocycles. The maximum absolute atomic E-state index is 14.2. The number of nitrogens with one attached hydrogen (secondary N) is 1. The van der Waals surface area contributed by atoms with Gasteiger partial charge in [-0.05, 0) is 90.6 Å². The molecule has 0 amide bonds. The molecule has 0 radical (unpaired) electrons. The van der Waals surface area contributed by atoms with Gasteiger partial charge in [0.25, 0.3) is 10.0 Å². The van der Waals surface area contributed by atoms with Crippen molar-refractivity contribution in [1.82, 2.24) is 4.57 Å². The summed E-state index contributed by atoms with van der Waals surface area (Å²) in [4.78, 5) is 10.7. The summed E-state index contributed by atoms with van der Waals surface area (Å²) in [7, 11) is -4.42. The van der Waals surface area contributed by atoms with E-state index in [0.29, 0.717) is 22.5 Å². The van der Waals surface area contributed by atoms with E-state index in [1.165, 1.54) is 60.7 Å². The zero-order valence-corrected chi connectivity index (χ0v) is 27.8. The SMILES string of the molecule is CC(C)c1c(S(=O)(=O)Nc2ccc(F)cc2)c(-c2ccc(F)cc2)c(-c2ccc(F)cc2)n1CC[C@@H](O)C[C@@H](O)CC(=O)[O-].[Na+]. The van der Waals surface area contributed by atoms with Crippen molar-refractivity contribution in [1.29, 1.82) is 0 Å². The van der Waals surface area contributed by atoms with Crippen LogP contribution in [-0.2, 0) is 21.4 Å². The zero-order chi connectivity index (χ0) is 32.2. The molecular formula is C32H32F3N2NaO6S. The summed E-state index contributed by atoms with van der Waals surface area (Å²) in [5.41, 5.74) is 1.74. The van der Waals surface area contributed by atoms with E-state index in [1.807, 2.05) is 0 Å². The number of aliphatic hydroxyl groups is 2. The van der Waals surface area contributed by atoms with Crippen molar-refractivity contribution >= 4 is 21.7 Å². The molecule has 0 aliphatic carbocycles. The molecule has 4 rings (SSSR count). The van der Waals surface area contributed by atoms with Gasteiger partial charge < -0.3 is 24.7 Å². The minimum absolute atomic E-state index is 0. The Bertz CT molecular complexity index is 1710. The van der Waals surface area contributed by atoms with E-state index in [9.17, 15) is 41.7 Å². The minimum Gasteiger partial charge on any atom is -0.550 e. The Kier molecular flexibility index (Phi) is 12.5. The second kappa shape index (κ2) is 15.4. The number of aliphatic hydroxyl groups excluding tert-OH is 2. The number of hydrogen-bond acceptors (Lipinski definition) is 6. The first-order valence-corrected chi connectivity index (χ1v) is 15.4. The van der Waals surface area contributed by atoms with Crippen LogP contribution in [0.1, 0.15) is 44.7 Å². The van der Waals surface area contributed by atoms with Crippen LogP contribution in [0.2, 0.25) is 0 Å². The smallest absolute Gasteiger partial charge is 0.550 e. The Morgan fingerprint density at radius 3 is 1.82 bits per heavy atom. The summed E-state index contributed by atoms with van der Waals surface area (Å²) in [6.45, 7) is 3.55. The molecule has 234 valence electrons. The molecule has 3 N–H and O–H groups in total. The van der Waals surface area contributed by atoms with Crippen molar-refractivity contribution in [2.24, 2.45) is 0 Å². The van der Waals surface area contributed by atoms with E-state index in [4.69, 9.17) is 0 Å². The molecule has 0 saturated carbocycles. The molecule has 8 nitrogen and oxygen atoms in total. The average Bonchev–Trinajstić information content (AvgIpc) is 3.30. The number of rotatable bonds is 13. The molecule has 0 spiro atoms. The van der Waals surface area contributed by atoms with Crippen LogP contribution in [0.15, 0.2) is 77.7 Å². The van der Waals surface area contributed by atoms with Gasteiger partial charge in [0.1, 0.15) is 22.3 Å². The number of carboxylic acid groups (broad SMARTS) is 1. The maximum atomic E-state index is 14.2. The van der Waals surface area contributed by atoms with E-state index >= 15 is 0 Å². The number of nitrogens with zero attached hydrogens (tertiary/aromatic N) is 1. The van der Waals surface area contributed by atoms with Crippen molar-refractivity contribution in [2.45, 2.75) is 62.7 Å². The first-order valence-electron chi connectivity index (χ1n) is 13.9. The van der Waals surface area contributed by atoms with Crippen molar-refractivity contribution in [3.8, 4) is 22.4 Å². The number of sulfonamides is 1. The summed E-state index contributed by atoms with van der Waals surface area (Å²) >= 11 is 0. The van der Waals surface area contributed by atoms with Gasteiger partial charge in [-0.15, -0.1) is 0 Å². The minimum atomic E-state index is -4.42. The topological polar surface area (TPSA) is 132 Å². The third-order valence-corrected chi connectivity index (χ3v) is 8.51. The average molecular weight is 653 g/mol. The number of carbonyl (C=O) groups is 1. The number of aromatic nitrogens is 1. The van der Waals surface area contributed by atoms with Crippen LogP contribution < -0.4 is 39.4 Å². The predicted octanol–water partition coefficient (Wildman–Crippen LogP) is 1.81. The first-order chi connectivity index (χ1) is 20.8. The van der Waals surface area contributed by atoms with Gasteiger partial charge in [-0.2, -0.15) is 0 Å². The Hall–Kier alpha value is -3.13. The molecule has 0 unspecified atom stereocenters. The van der Waals surface area contributed by atoms with Crippen molar-refractivity contribution in [3.63, 3.8) is 0 Å². The second-order valence-electron chi connectivity index (χ2n) is 10.8. The summed E-state index contributed by atoms with van der Waals surface area (Å²) in [5, 5.41) is 31.6. The fourth-order valence-corrected chi connectivity index (χ4v) is 6.85. The van der Waals surface area contributed by atoms with Gasteiger partial charge >= 0.3 is 29.6 Å². The third-order valence-electron chi connectivity index (χ3n) is 7.05. The molecular weight excluding hydrogens is 620 g/mol. The third kappa shape index (κ3) is 8.99. The fourth-order valence-electron chi connectivity index (χ4n) is 5.19. The van der Waals surface area contributed by atoms with Gasteiger partial charge in [0.15, 0.2) is 0 Å². The van der Waals surface area contributed by atoms with Crippen LogP contribution in [0.3, 0.4) is 0 Å². The van der Waals surface area contributed by atoms with Crippen LogP contribution in [0, 0.1) is 17.5 Å². The van der Waals surface area contributed by atoms with Crippen LogP contribution in [-0.4, -0.2) is 41.4 Å². The van der Waals surface area contributed by atoms with Crippen LogP contribution >= 0.6 is 0 Å². The standard InChI is InChI=1S/C32H33F3N2O6S.Na/c1-19(2)30-32(44(42,43)36-25-13-11-24(35)12-14-25)29(20-3-7-22(33)8-4-20)31(21-5-9-23(34)10-6-21)37(30)16-15-26(38)17-27(39)18-28(40)41;/h3-14,19,26-27,36,38-39H,15-18H2,1-2H3,(H,40,41);/q;+1/p-1/t26-,27-;/m1./s1. The molecule has 1 aromatic heterocycles. The van der Waals surface area contributed by atoms with Gasteiger partial charge in [0.2, 0.25) is 0 Å². The van der Waals surface area contributed by atoms with E-state index in [-0.39, 0.29) is 65.1 Å². The fraction of sp³-hybridized carbons (Fsp3) is 0.281. The Balaban J connectivity index is 0.00000552. The van der Waals surface area contributed by atoms with Gasteiger partial charge in [-0.3, -0.25) is 4.72 Å². The molecule has 13 heteroatoms. The Morgan fingerprint density at radius 1 is 0.844 bits per heavy atom. The van der Waals surface area contributed by atoms with Gasteiger partial charge in [0, 0.05) is 35.9 Å². The van der Waals surface area contributed by atoms with Crippen molar-refractivity contribution < 1.29 is 71.3 Å². The number of hydrogen-bond donors (Lipinski definition) is 3. The quantitative estimate of drug-likeness (QED) is 0.189. The van der Waals surface area contributed by atoms with Gasteiger partial charge in [0.05, 0.1) is 17.9 Å². The number of carboxylic acids is 1. The maximum Gasteiger partial charge on any atom is 1.00 e. The molecule has 45 heavy (non-hydrogen) atoms. The van der Waals surface area contributed by atoms with E-state index in [1.54, 1.807) is 18.4 Å². The molecule has 0 bridgehead atoms. The van der Waals surface area contributed by atoms with Crippen LogP contribution in [0.4, 0.5) is 18.9 Å². The van der Waals surface area contributed by atoms with Gasteiger partial charge in [-0.1, -0.05) is 26.0 Å². The summed E-state index contributed by atoms with van der Waals surface area (Å²) in [6, 6.07) is 15.3. The predicted molar refractivity (Wildman–Crippen MR) is 157 cm³/mol. The van der Waals surface area contributed by atoms with Crippen LogP contribution in [0.25, 0.3) is 22.4 Å². The van der Waals surface area contributed by atoms with Gasteiger partial charge in [-0.25, -0.2) is 21.6 Å². The molecule has 1 heterocycles. The summed E-state index contributed by atoms with van der Waals surface area (Å²) < 4.78 is 74.3. The Labute approximate surface area is 281 Å². The van der Waals surface area contributed by atoms with Crippen molar-refractivity contribution in [3.05, 3.63) is 95.9 Å². The molecule has 4 aromatic rings. The summed E-state index contributed by atoms with van der Waals surface area (Å²) in [6.07, 6.45) is -3.46. The monoisotopic (exact) mass is 652 g/mol. The van der Waals surface area contributed by atoms with E-state index < -0.39 is 58.0 Å². The number of halogens is 3. The molecule has 2 atom stereocenters. The van der Waals surface area contributed by atoms with E-state index in [0.717, 1.165) is 12.1 Å². The van der Waals surface area contributed by atoms with Crippen molar-refractivity contribution in [2.75, 3.05) is 4.72 Å². The largest absolute Gasteiger partial charge is 1.00 e. The summed E-state index contributed by atoms with van der Waals surface area (Å²) in [5.74, 6) is -3.54.